The van der Waals surface area contributed by atoms with E-state index in [1.165, 1.54) is 23.0 Å². The second-order valence-electron chi connectivity index (χ2n) is 4.90. The number of hydrogen-bond donors (Lipinski definition) is 1. The van der Waals surface area contributed by atoms with Crippen molar-refractivity contribution in [2.75, 3.05) is 5.32 Å². The second kappa shape index (κ2) is 6.02. The molecule has 23 heavy (non-hydrogen) atoms. The first-order valence-electron chi connectivity index (χ1n) is 6.70. The highest BCUT2D eigenvalue weighted by molar-refractivity contribution is 7.17. The maximum atomic E-state index is 12.3. The Morgan fingerprint density at radius 1 is 1.26 bits per heavy atom. The molecular formula is C15H12ClN3O3S. The molecule has 0 saturated carbocycles. The topological polar surface area (TPSA) is 73.1 Å². The Labute approximate surface area is 139 Å². The van der Waals surface area contributed by atoms with Gasteiger partial charge in [-0.3, -0.25) is 18.7 Å². The number of rotatable bonds is 3. The van der Waals surface area contributed by atoms with E-state index in [2.05, 4.69) is 5.32 Å². The Kier molecular flexibility index (Phi) is 4.06. The molecule has 1 N–H and O–H groups in total. The summed E-state index contributed by atoms with van der Waals surface area (Å²) in [5.74, 6) is -0.397. The number of nitrogens with zero attached hydrogens (tertiary/aromatic N) is 2. The molecule has 0 fully saturated rings. The normalized spacial score (nSPS) is 10.9. The lowest BCUT2D eigenvalue weighted by molar-refractivity contribution is -0.116. The molecule has 8 heteroatoms. The van der Waals surface area contributed by atoms with Crippen molar-refractivity contribution in [3.8, 4) is 0 Å². The van der Waals surface area contributed by atoms with E-state index in [-0.39, 0.29) is 12.1 Å². The molecule has 0 aliphatic carbocycles. The molecular weight excluding hydrogens is 338 g/mol. The summed E-state index contributed by atoms with van der Waals surface area (Å²) >= 11 is 7.24. The van der Waals surface area contributed by atoms with Crippen molar-refractivity contribution in [3.63, 3.8) is 0 Å². The molecule has 0 spiro atoms. The van der Waals surface area contributed by atoms with E-state index in [1.54, 1.807) is 35.7 Å². The summed E-state index contributed by atoms with van der Waals surface area (Å²) in [4.78, 5) is 36.5. The van der Waals surface area contributed by atoms with Gasteiger partial charge < -0.3 is 5.32 Å². The molecule has 118 valence electrons. The van der Waals surface area contributed by atoms with E-state index in [0.29, 0.717) is 20.9 Å². The predicted octanol–water partition coefficient (Wildman–Crippen LogP) is 2.05. The van der Waals surface area contributed by atoms with Gasteiger partial charge in [0, 0.05) is 7.05 Å². The molecule has 6 nitrogen and oxygen atoms in total. The number of thiophene rings is 1. The minimum Gasteiger partial charge on any atom is -0.323 e. The van der Waals surface area contributed by atoms with E-state index >= 15 is 0 Å². The third-order valence-electron chi connectivity index (χ3n) is 3.40. The van der Waals surface area contributed by atoms with E-state index in [0.717, 1.165) is 4.57 Å². The molecule has 1 amide bonds. The summed E-state index contributed by atoms with van der Waals surface area (Å²) in [6.45, 7) is -0.203. The molecule has 0 unspecified atom stereocenters. The van der Waals surface area contributed by atoms with Crippen LogP contribution in [0.1, 0.15) is 0 Å². The summed E-state index contributed by atoms with van der Waals surface area (Å²) < 4.78 is 2.72. The lowest BCUT2D eigenvalue weighted by Gasteiger charge is -2.11. The molecule has 0 radical (unpaired) electrons. The van der Waals surface area contributed by atoms with Crippen LogP contribution in [-0.2, 0) is 18.4 Å². The number of fused-ring (bicyclic) bond motifs is 1. The predicted molar refractivity (Wildman–Crippen MR) is 91.4 cm³/mol. The molecule has 2 aromatic heterocycles. The van der Waals surface area contributed by atoms with E-state index < -0.39 is 11.6 Å². The zero-order valence-corrected chi connectivity index (χ0v) is 13.6. The lowest BCUT2D eigenvalue weighted by atomic mass is 10.3. The number of halogens is 1. The van der Waals surface area contributed by atoms with Gasteiger partial charge in [0.25, 0.3) is 5.56 Å². The van der Waals surface area contributed by atoms with Gasteiger partial charge in [0.05, 0.1) is 16.2 Å². The van der Waals surface area contributed by atoms with Crippen molar-refractivity contribution in [2.45, 2.75) is 6.54 Å². The molecule has 0 aliphatic rings. The van der Waals surface area contributed by atoms with Crippen LogP contribution in [0.3, 0.4) is 0 Å². The van der Waals surface area contributed by atoms with Gasteiger partial charge in [-0.15, -0.1) is 11.3 Å². The fraction of sp³-hybridized carbons (Fsp3) is 0.133. The number of amides is 1. The highest BCUT2D eigenvalue weighted by Gasteiger charge is 2.15. The van der Waals surface area contributed by atoms with Gasteiger partial charge in [-0.25, -0.2) is 4.79 Å². The van der Waals surface area contributed by atoms with Gasteiger partial charge in [0.2, 0.25) is 5.91 Å². The number of carbonyl (C=O) groups is 1. The third kappa shape index (κ3) is 2.80. The van der Waals surface area contributed by atoms with Crippen LogP contribution >= 0.6 is 22.9 Å². The largest absolute Gasteiger partial charge is 0.331 e. The molecule has 0 saturated heterocycles. The first-order valence-corrected chi connectivity index (χ1v) is 7.96. The average molecular weight is 350 g/mol. The summed E-state index contributed by atoms with van der Waals surface area (Å²) in [7, 11) is 1.40. The Hall–Kier alpha value is -2.38. The van der Waals surface area contributed by atoms with Crippen molar-refractivity contribution < 1.29 is 4.79 Å². The minimum absolute atomic E-state index is 0.203. The molecule has 3 rings (SSSR count). The molecule has 0 aliphatic heterocycles. The van der Waals surface area contributed by atoms with Gasteiger partial charge in [-0.1, -0.05) is 23.7 Å². The first kappa shape index (κ1) is 15.5. The number of benzene rings is 1. The molecule has 3 aromatic rings. The number of para-hydroxylation sites is 1. The standard InChI is InChI=1S/C15H12ClN3O3S/c1-18-14(21)13-11(6-7-23-13)19(15(18)22)8-12(20)17-10-5-3-2-4-9(10)16/h2-7H,8H2,1H3,(H,17,20). The molecule has 2 heterocycles. The van der Waals surface area contributed by atoms with E-state index in [4.69, 9.17) is 11.6 Å². The van der Waals surface area contributed by atoms with Gasteiger partial charge in [-0.2, -0.15) is 0 Å². The van der Waals surface area contributed by atoms with Crippen molar-refractivity contribution >= 4 is 44.7 Å². The SMILES string of the molecule is Cn1c(=O)c2sccc2n(CC(=O)Nc2ccccc2Cl)c1=O. The average Bonchev–Trinajstić information content (AvgIpc) is 3.01. The van der Waals surface area contributed by atoms with Crippen LogP contribution in [0.15, 0.2) is 45.3 Å². The summed E-state index contributed by atoms with van der Waals surface area (Å²) in [6.07, 6.45) is 0. The van der Waals surface area contributed by atoms with Crippen LogP contribution in [0, 0.1) is 0 Å². The highest BCUT2D eigenvalue weighted by Crippen LogP contribution is 2.20. The molecule has 1 aromatic carbocycles. The van der Waals surface area contributed by atoms with E-state index in [9.17, 15) is 14.4 Å². The third-order valence-corrected chi connectivity index (χ3v) is 4.62. The number of hydrogen-bond acceptors (Lipinski definition) is 4. The number of anilines is 1. The molecule has 0 atom stereocenters. The van der Waals surface area contributed by atoms with Crippen molar-refractivity contribution in [3.05, 3.63) is 61.6 Å². The Morgan fingerprint density at radius 2 is 2.00 bits per heavy atom. The first-order chi connectivity index (χ1) is 11.0. The highest BCUT2D eigenvalue weighted by atomic mass is 35.5. The van der Waals surface area contributed by atoms with Crippen molar-refractivity contribution in [1.29, 1.82) is 0 Å². The van der Waals surface area contributed by atoms with Gasteiger partial charge in [0.15, 0.2) is 0 Å². The van der Waals surface area contributed by atoms with Crippen LogP contribution in [0.5, 0.6) is 0 Å². The van der Waals surface area contributed by atoms with Crippen LogP contribution < -0.4 is 16.6 Å². The number of carbonyl (C=O) groups excluding carboxylic acids is 1. The van der Waals surface area contributed by atoms with Gasteiger partial charge in [0.1, 0.15) is 11.2 Å². The van der Waals surface area contributed by atoms with Crippen molar-refractivity contribution in [2.24, 2.45) is 7.05 Å². The Bertz CT molecular complexity index is 1020. The maximum absolute atomic E-state index is 12.3. The monoisotopic (exact) mass is 349 g/mol. The minimum atomic E-state index is -0.532. The number of aromatic nitrogens is 2. The zero-order valence-electron chi connectivity index (χ0n) is 12.1. The zero-order chi connectivity index (χ0) is 16.6. The quantitative estimate of drug-likeness (QED) is 0.786. The van der Waals surface area contributed by atoms with Gasteiger partial charge in [-0.05, 0) is 23.6 Å². The van der Waals surface area contributed by atoms with Crippen LogP contribution in [-0.4, -0.2) is 15.0 Å². The van der Waals surface area contributed by atoms with Crippen LogP contribution in [0.4, 0.5) is 5.69 Å². The maximum Gasteiger partial charge on any atom is 0.331 e. The number of nitrogens with one attached hydrogen (secondary N) is 1. The summed E-state index contributed by atoms with van der Waals surface area (Å²) in [6, 6.07) is 8.49. The smallest absolute Gasteiger partial charge is 0.323 e. The summed E-state index contributed by atoms with van der Waals surface area (Å²) in [5.41, 5.74) is 0.0361. The lowest BCUT2D eigenvalue weighted by Crippen LogP contribution is -2.39. The van der Waals surface area contributed by atoms with E-state index in [1.807, 2.05) is 0 Å². The molecule has 0 bridgehead atoms. The fourth-order valence-electron chi connectivity index (χ4n) is 2.25. The Morgan fingerprint density at radius 3 is 2.74 bits per heavy atom. The second-order valence-corrected chi connectivity index (χ2v) is 6.22. The van der Waals surface area contributed by atoms with Crippen LogP contribution in [0.25, 0.3) is 10.2 Å². The Balaban J connectivity index is 1.98. The van der Waals surface area contributed by atoms with Crippen molar-refractivity contribution in [1.82, 2.24) is 9.13 Å². The summed E-state index contributed by atoms with van der Waals surface area (Å²) in [5, 5.41) is 4.79. The van der Waals surface area contributed by atoms with Crippen LogP contribution in [0.2, 0.25) is 5.02 Å². The fourth-order valence-corrected chi connectivity index (χ4v) is 3.30. The van der Waals surface area contributed by atoms with Gasteiger partial charge >= 0.3 is 5.69 Å².